The number of nitrogens with zero attached hydrogens (tertiary/aromatic N) is 1. The Labute approximate surface area is 114 Å². The quantitative estimate of drug-likeness (QED) is 0.820. The molecule has 1 aromatic heterocycles. The van der Waals surface area contributed by atoms with Gasteiger partial charge in [0.05, 0.1) is 0 Å². The fraction of sp³-hybridized carbons (Fsp3) is 0.375. The molecule has 0 radical (unpaired) electrons. The van der Waals surface area contributed by atoms with Gasteiger partial charge in [-0.25, -0.2) is 0 Å². The number of rotatable bonds is 5. The van der Waals surface area contributed by atoms with Crippen LogP contribution in [-0.4, -0.2) is 11.9 Å². The van der Waals surface area contributed by atoms with Crippen LogP contribution in [0.5, 0.6) is 0 Å². The van der Waals surface area contributed by atoms with Gasteiger partial charge in [-0.15, -0.1) is 0 Å². The molecule has 100 valence electrons. The summed E-state index contributed by atoms with van der Waals surface area (Å²) in [5, 5.41) is 5.36. The second kappa shape index (κ2) is 6.32. The molecule has 0 saturated heterocycles. The number of benzene rings is 1. The lowest BCUT2D eigenvalue weighted by Gasteiger charge is -2.10. The summed E-state index contributed by atoms with van der Waals surface area (Å²) in [6, 6.07) is 10.4. The molecule has 3 heteroatoms. The van der Waals surface area contributed by atoms with Crippen LogP contribution in [-0.2, 0) is 11.3 Å². The van der Waals surface area contributed by atoms with Gasteiger partial charge in [0.1, 0.15) is 0 Å². The fourth-order valence-electron chi connectivity index (χ4n) is 2.27. The van der Waals surface area contributed by atoms with Crippen LogP contribution < -0.4 is 9.88 Å². The van der Waals surface area contributed by atoms with Gasteiger partial charge in [0.2, 0.25) is 6.54 Å². The van der Waals surface area contributed by atoms with E-state index in [4.69, 9.17) is 0 Å². The zero-order valence-electron chi connectivity index (χ0n) is 11.6. The van der Waals surface area contributed by atoms with Crippen LogP contribution in [0.25, 0.3) is 10.8 Å². The molecule has 19 heavy (non-hydrogen) atoms. The van der Waals surface area contributed by atoms with E-state index in [9.17, 15) is 4.79 Å². The van der Waals surface area contributed by atoms with E-state index in [1.54, 1.807) is 0 Å². The number of carbonyl (C=O) groups excluding carboxylic acids is 1. The molecule has 0 aliphatic rings. The van der Waals surface area contributed by atoms with Crippen molar-refractivity contribution in [3.63, 3.8) is 0 Å². The number of pyridine rings is 1. The van der Waals surface area contributed by atoms with Crippen LogP contribution in [0, 0.1) is 0 Å². The first-order valence-corrected chi connectivity index (χ1v) is 6.86. The Morgan fingerprint density at radius 3 is 2.74 bits per heavy atom. The molecule has 1 atom stereocenters. The molecular formula is C16H21N2O+. The number of hydrogen-bond donors (Lipinski definition) is 1. The number of aromatic nitrogens is 1. The largest absolute Gasteiger partial charge is 0.348 e. The predicted molar refractivity (Wildman–Crippen MR) is 76.7 cm³/mol. The van der Waals surface area contributed by atoms with Gasteiger partial charge >= 0.3 is 0 Å². The first-order chi connectivity index (χ1) is 9.19. The monoisotopic (exact) mass is 257 g/mol. The third-order valence-corrected chi connectivity index (χ3v) is 3.20. The molecule has 0 aliphatic heterocycles. The van der Waals surface area contributed by atoms with Crippen molar-refractivity contribution >= 4 is 16.7 Å². The minimum Gasteiger partial charge on any atom is -0.348 e. The average Bonchev–Trinajstić information content (AvgIpc) is 2.38. The van der Waals surface area contributed by atoms with Crippen LogP contribution in [0.1, 0.15) is 26.7 Å². The highest BCUT2D eigenvalue weighted by atomic mass is 16.2. The van der Waals surface area contributed by atoms with E-state index in [1.807, 2.05) is 42.1 Å². The van der Waals surface area contributed by atoms with E-state index in [1.165, 1.54) is 5.39 Å². The maximum atomic E-state index is 11.9. The van der Waals surface area contributed by atoms with Crippen molar-refractivity contribution in [1.29, 1.82) is 0 Å². The Balaban J connectivity index is 2.02. The Kier molecular flexibility index (Phi) is 4.50. The van der Waals surface area contributed by atoms with Crippen LogP contribution >= 0.6 is 0 Å². The van der Waals surface area contributed by atoms with Crippen molar-refractivity contribution in [2.24, 2.45) is 0 Å². The molecule has 0 unspecified atom stereocenters. The summed E-state index contributed by atoms with van der Waals surface area (Å²) in [6.07, 6.45) is 6.07. The van der Waals surface area contributed by atoms with Crippen molar-refractivity contribution in [2.75, 3.05) is 0 Å². The van der Waals surface area contributed by atoms with Gasteiger partial charge in [-0.3, -0.25) is 4.79 Å². The van der Waals surface area contributed by atoms with Crippen molar-refractivity contribution in [3.05, 3.63) is 42.7 Å². The second-order valence-electron chi connectivity index (χ2n) is 5.00. The molecule has 0 fully saturated rings. The third-order valence-electron chi connectivity index (χ3n) is 3.20. The molecule has 0 aliphatic carbocycles. The normalized spacial score (nSPS) is 12.3. The predicted octanol–water partition coefficient (Wildman–Crippen LogP) is 2.43. The van der Waals surface area contributed by atoms with Crippen LogP contribution in [0.3, 0.4) is 0 Å². The van der Waals surface area contributed by atoms with Gasteiger partial charge in [0.25, 0.3) is 5.91 Å². The van der Waals surface area contributed by atoms with Crippen LogP contribution in [0.15, 0.2) is 42.7 Å². The summed E-state index contributed by atoms with van der Waals surface area (Å²) in [5.74, 6) is 0.0706. The molecule has 1 N–H and O–H groups in total. The van der Waals surface area contributed by atoms with Crippen LogP contribution in [0.2, 0.25) is 0 Å². The molecule has 1 amide bonds. The van der Waals surface area contributed by atoms with E-state index in [2.05, 4.69) is 24.4 Å². The lowest BCUT2D eigenvalue weighted by atomic mass is 10.2. The number of carbonyl (C=O) groups is 1. The highest BCUT2D eigenvalue weighted by Crippen LogP contribution is 2.09. The summed E-state index contributed by atoms with van der Waals surface area (Å²) < 4.78 is 1.93. The minimum absolute atomic E-state index is 0.0706. The zero-order valence-corrected chi connectivity index (χ0v) is 11.6. The van der Waals surface area contributed by atoms with Gasteiger partial charge in [0.15, 0.2) is 12.4 Å². The molecule has 0 spiro atoms. The first-order valence-electron chi connectivity index (χ1n) is 6.86. The van der Waals surface area contributed by atoms with Gasteiger partial charge in [-0.05, 0) is 24.8 Å². The molecule has 2 rings (SSSR count). The van der Waals surface area contributed by atoms with Gasteiger partial charge in [0, 0.05) is 17.5 Å². The Morgan fingerprint density at radius 2 is 2.00 bits per heavy atom. The van der Waals surface area contributed by atoms with Gasteiger partial charge in [-0.2, -0.15) is 4.57 Å². The zero-order chi connectivity index (χ0) is 13.7. The lowest BCUT2D eigenvalue weighted by molar-refractivity contribution is -0.683. The molecule has 1 heterocycles. The summed E-state index contributed by atoms with van der Waals surface area (Å²) in [4.78, 5) is 11.9. The van der Waals surface area contributed by atoms with E-state index in [-0.39, 0.29) is 11.9 Å². The maximum absolute atomic E-state index is 11.9. The van der Waals surface area contributed by atoms with Crippen molar-refractivity contribution < 1.29 is 9.36 Å². The van der Waals surface area contributed by atoms with E-state index in [0.717, 1.165) is 18.2 Å². The Hall–Kier alpha value is -1.90. The molecule has 3 nitrogen and oxygen atoms in total. The van der Waals surface area contributed by atoms with E-state index in [0.29, 0.717) is 6.54 Å². The number of amides is 1. The van der Waals surface area contributed by atoms with E-state index >= 15 is 0 Å². The molecule has 2 aromatic rings. The highest BCUT2D eigenvalue weighted by Gasteiger charge is 2.12. The second-order valence-corrected chi connectivity index (χ2v) is 5.00. The Morgan fingerprint density at radius 1 is 1.26 bits per heavy atom. The van der Waals surface area contributed by atoms with Crippen molar-refractivity contribution in [3.8, 4) is 0 Å². The van der Waals surface area contributed by atoms with E-state index < -0.39 is 0 Å². The van der Waals surface area contributed by atoms with Crippen molar-refractivity contribution in [1.82, 2.24) is 5.32 Å². The Bertz CT molecular complexity index is 565. The number of hydrogen-bond acceptors (Lipinski definition) is 1. The fourth-order valence-corrected chi connectivity index (χ4v) is 2.27. The molecular weight excluding hydrogens is 236 g/mol. The molecule has 1 aromatic carbocycles. The first kappa shape index (κ1) is 13.5. The van der Waals surface area contributed by atoms with Crippen LogP contribution in [0.4, 0.5) is 0 Å². The average molecular weight is 257 g/mol. The third kappa shape index (κ3) is 3.78. The maximum Gasteiger partial charge on any atom is 0.286 e. The topological polar surface area (TPSA) is 33.0 Å². The molecule has 0 bridgehead atoms. The number of fused-ring (bicyclic) bond motifs is 1. The molecule has 0 saturated carbocycles. The smallest absolute Gasteiger partial charge is 0.286 e. The van der Waals surface area contributed by atoms with Gasteiger partial charge < -0.3 is 5.32 Å². The highest BCUT2D eigenvalue weighted by molar-refractivity contribution is 5.80. The standard InChI is InChI=1S/C16H20N2O/c1-3-6-13(2)17-16(19)12-18-10-9-14-7-4-5-8-15(14)11-18/h4-5,7-11,13H,3,6,12H2,1-2H3/p+1/t13-/m1/s1. The lowest BCUT2D eigenvalue weighted by Crippen LogP contribution is -2.44. The van der Waals surface area contributed by atoms with Crippen molar-refractivity contribution in [2.45, 2.75) is 39.3 Å². The summed E-state index contributed by atoms with van der Waals surface area (Å²) >= 11 is 0. The summed E-state index contributed by atoms with van der Waals surface area (Å²) in [7, 11) is 0. The summed E-state index contributed by atoms with van der Waals surface area (Å²) in [5.41, 5.74) is 0. The summed E-state index contributed by atoms with van der Waals surface area (Å²) in [6.45, 7) is 4.55. The van der Waals surface area contributed by atoms with Gasteiger partial charge in [-0.1, -0.05) is 31.5 Å². The SMILES string of the molecule is CCC[C@@H](C)NC(=O)C[n+]1ccc2ccccc2c1. The minimum atomic E-state index is 0.0706. The number of nitrogens with one attached hydrogen (secondary N) is 1.